The van der Waals surface area contributed by atoms with Gasteiger partial charge in [0, 0.05) is 6.04 Å². The average Bonchev–Trinajstić information content (AvgIpc) is 2.84. The van der Waals surface area contributed by atoms with E-state index in [2.05, 4.69) is 25.5 Å². The van der Waals surface area contributed by atoms with Crippen LogP contribution >= 0.6 is 0 Å². The summed E-state index contributed by atoms with van der Waals surface area (Å²) in [6.07, 6.45) is 2.70. The molecule has 0 aliphatic rings. The van der Waals surface area contributed by atoms with Crippen molar-refractivity contribution >= 4 is 17.5 Å². The molecule has 0 saturated carbocycles. The number of anilines is 2. The summed E-state index contributed by atoms with van der Waals surface area (Å²) < 4.78 is 1.89. The zero-order valence-corrected chi connectivity index (χ0v) is 11.0. The lowest BCUT2D eigenvalue weighted by atomic mass is 10.4. The Bertz CT molecular complexity index is 623. The van der Waals surface area contributed by atoms with Crippen LogP contribution in [0.1, 0.15) is 25.7 Å². The van der Waals surface area contributed by atoms with Crippen molar-refractivity contribution in [3.05, 3.63) is 28.5 Å². The molecule has 2 heterocycles. The van der Waals surface area contributed by atoms with E-state index in [1.165, 1.54) is 0 Å². The number of nitrogens with two attached hydrogens (primary N) is 1. The Kier molecular flexibility index (Phi) is 3.73. The lowest BCUT2D eigenvalue weighted by Gasteiger charge is -2.10. The van der Waals surface area contributed by atoms with Gasteiger partial charge in [-0.05, 0) is 13.8 Å². The molecule has 0 aliphatic heterocycles. The van der Waals surface area contributed by atoms with Crippen LogP contribution in [0.5, 0.6) is 0 Å². The predicted molar refractivity (Wildman–Crippen MR) is 70.8 cm³/mol. The van der Waals surface area contributed by atoms with Crippen LogP contribution in [0.15, 0.2) is 12.5 Å². The molecule has 20 heavy (non-hydrogen) atoms. The van der Waals surface area contributed by atoms with E-state index in [9.17, 15) is 10.1 Å². The zero-order chi connectivity index (χ0) is 14.7. The highest BCUT2D eigenvalue weighted by Gasteiger charge is 2.14. The fourth-order valence-electron chi connectivity index (χ4n) is 1.60. The third kappa shape index (κ3) is 2.79. The number of nitro groups is 1. The van der Waals surface area contributed by atoms with Crippen LogP contribution in [0, 0.1) is 10.1 Å². The van der Waals surface area contributed by atoms with Gasteiger partial charge in [-0.1, -0.05) is 0 Å². The van der Waals surface area contributed by atoms with Crippen molar-refractivity contribution in [1.29, 1.82) is 0 Å². The van der Waals surface area contributed by atoms with Crippen LogP contribution in [-0.4, -0.2) is 29.7 Å². The second-order valence-electron chi connectivity index (χ2n) is 4.32. The van der Waals surface area contributed by atoms with Gasteiger partial charge in [0.1, 0.15) is 12.5 Å². The number of rotatable bonds is 5. The SMILES string of the molecule is CC(C)n1cnnc1CNc1ncc([N+](=O)[O-])c(N)n1. The van der Waals surface area contributed by atoms with Crippen LogP contribution in [0.3, 0.4) is 0 Å². The number of hydrogen-bond acceptors (Lipinski definition) is 8. The largest absolute Gasteiger partial charge is 0.378 e. The molecule has 2 rings (SSSR count). The van der Waals surface area contributed by atoms with Gasteiger partial charge in [0.05, 0.1) is 11.5 Å². The molecule has 0 aromatic carbocycles. The highest BCUT2D eigenvalue weighted by Crippen LogP contribution is 2.18. The molecule has 10 nitrogen and oxygen atoms in total. The van der Waals surface area contributed by atoms with E-state index in [0.29, 0.717) is 12.4 Å². The average molecular weight is 278 g/mol. The Morgan fingerprint density at radius 2 is 2.30 bits per heavy atom. The van der Waals surface area contributed by atoms with E-state index in [1.807, 2.05) is 18.4 Å². The van der Waals surface area contributed by atoms with Crippen LogP contribution in [-0.2, 0) is 6.54 Å². The summed E-state index contributed by atoms with van der Waals surface area (Å²) >= 11 is 0. The normalized spacial score (nSPS) is 10.8. The van der Waals surface area contributed by atoms with Crippen molar-refractivity contribution < 1.29 is 4.92 Å². The summed E-state index contributed by atoms with van der Waals surface area (Å²) in [6, 6.07) is 0.227. The van der Waals surface area contributed by atoms with Gasteiger partial charge in [-0.3, -0.25) is 10.1 Å². The zero-order valence-electron chi connectivity index (χ0n) is 11.0. The van der Waals surface area contributed by atoms with E-state index in [0.717, 1.165) is 6.20 Å². The first kappa shape index (κ1) is 13.6. The molecule has 0 aliphatic carbocycles. The van der Waals surface area contributed by atoms with E-state index >= 15 is 0 Å². The van der Waals surface area contributed by atoms with E-state index in [4.69, 9.17) is 5.73 Å². The van der Waals surface area contributed by atoms with Crippen LogP contribution in [0.2, 0.25) is 0 Å². The molecule has 0 fully saturated rings. The number of nitrogens with one attached hydrogen (secondary N) is 1. The van der Waals surface area contributed by atoms with Gasteiger partial charge in [-0.15, -0.1) is 10.2 Å². The van der Waals surface area contributed by atoms with Crippen molar-refractivity contribution in [3.8, 4) is 0 Å². The quantitative estimate of drug-likeness (QED) is 0.603. The van der Waals surface area contributed by atoms with Gasteiger partial charge in [-0.2, -0.15) is 4.98 Å². The summed E-state index contributed by atoms with van der Waals surface area (Å²) in [7, 11) is 0. The fraction of sp³-hybridized carbons (Fsp3) is 0.400. The Balaban J connectivity index is 2.09. The summed E-state index contributed by atoms with van der Waals surface area (Å²) in [5, 5.41) is 21.3. The first-order valence-corrected chi connectivity index (χ1v) is 5.88. The Hall–Kier alpha value is -2.78. The van der Waals surface area contributed by atoms with Gasteiger partial charge >= 0.3 is 5.69 Å². The highest BCUT2D eigenvalue weighted by atomic mass is 16.6. The molecule has 0 bridgehead atoms. The topological polar surface area (TPSA) is 138 Å². The summed E-state index contributed by atoms with van der Waals surface area (Å²) in [5.41, 5.74) is 5.16. The summed E-state index contributed by atoms with van der Waals surface area (Å²) in [5.74, 6) is 0.727. The van der Waals surface area contributed by atoms with E-state index in [1.54, 1.807) is 6.33 Å². The van der Waals surface area contributed by atoms with Crippen molar-refractivity contribution in [1.82, 2.24) is 24.7 Å². The van der Waals surface area contributed by atoms with Crippen LogP contribution in [0.4, 0.5) is 17.5 Å². The Labute approximate surface area is 114 Å². The summed E-state index contributed by atoms with van der Waals surface area (Å²) in [6.45, 7) is 4.36. The van der Waals surface area contributed by atoms with Gasteiger partial charge in [0.15, 0.2) is 5.82 Å². The molecule has 0 saturated heterocycles. The van der Waals surface area contributed by atoms with Gasteiger partial charge in [0.2, 0.25) is 11.8 Å². The minimum atomic E-state index is -0.630. The Morgan fingerprint density at radius 1 is 1.55 bits per heavy atom. The smallest absolute Gasteiger partial charge is 0.329 e. The molecule has 3 N–H and O–H groups in total. The summed E-state index contributed by atoms with van der Waals surface area (Å²) in [4.78, 5) is 17.6. The van der Waals surface area contributed by atoms with Crippen molar-refractivity contribution in [2.75, 3.05) is 11.1 Å². The molecule has 0 radical (unpaired) electrons. The van der Waals surface area contributed by atoms with Gasteiger partial charge < -0.3 is 15.6 Å². The molecule has 2 aromatic rings. The first-order valence-electron chi connectivity index (χ1n) is 5.88. The third-order valence-electron chi connectivity index (χ3n) is 2.60. The fourth-order valence-corrected chi connectivity index (χ4v) is 1.60. The molecule has 10 heteroatoms. The van der Waals surface area contributed by atoms with Gasteiger partial charge in [-0.25, -0.2) is 4.98 Å². The minimum absolute atomic E-state index is 0.183. The van der Waals surface area contributed by atoms with Crippen molar-refractivity contribution in [2.45, 2.75) is 26.4 Å². The number of nitrogen functional groups attached to an aromatic ring is 1. The molecule has 106 valence electrons. The lowest BCUT2D eigenvalue weighted by Crippen LogP contribution is -2.12. The maximum absolute atomic E-state index is 10.6. The monoisotopic (exact) mass is 278 g/mol. The maximum Gasteiger partial charge on any atom is 0.329 e. The van der Waals surface area contributed by atoms with Gasteiger partial charge in [0.25, 0.3) is 0 Å². The van der Waals surface area contributed by atoms with Crippen LogP contribution in [0.25, 0.3) is 0 Å². The van der Waals surface area contributed by atoms with Crippen molar-refractivity contribution in [2.24, 2.45) is 0 Å². The number of nitrogens with zero attached hydrogens (tertiary/aromatic N) is 6. The minimum Gasteiger partial charge on any atom is -0.378 e. The molecule has 0 atom stereocenters. The Morgan fingerprint density at radius 3 is 2.90 bits per heavy atom. The number of hydrogen-bond donors (Lipinski definition) is 2. The molecule has 2 aromatic heterocycles. The molecule has 0 unspecified atom stereocenters. The molecule has 0 spiro atoms. The molecule has 0 amide bonds. The maximum atomic E-state index is 10.6. The van der Waals surface area contributed by atoms with Crippen molar-refractivity contribution in [3.63, 3.8) is 0 Å². The number of aromatic nitrogens is 5. The standard InChI is InChI=1S/C10H14N8O2/c1-6(2)17-5-14-16-8(17)4-13-10-12-3-7(18(19)20)9(11)15-10/h3,5-6H,4H2,1-2H3,(H3,11,12,13,15). The third-order valence-corrected chi connectivity index (χ3v) is 2.60. The highest BCUT2D eigenvalue weighted by molar-refractivity contribution is 5.53. The second-order valence-corrected chi connectivity index (χ2v) is 4.32. The second kappa shape index (κ2) is 5.47. The first-order chi connectivity index (χ1) is 9.49. The lowest BCUT2D eigenvalue weighted by molar-refractivity contribution is -0.384. The molecular weight excluding hydrogens is 264 g/mol. The van der Waals surface area contributed by atoms with Crippen LogP contribution < -0.4 is 11.1 Å². The van der Waals surface area contributed by atoms with E-state index < -0.39 is 4.92 Å². The molecular formula is C10H14N8O2. The van der Waals surface area contributed by atoms with E-state index in [-0.39, 0.29) is 23.5 Å². The predicted octanol–water partition coefficient (Wildman–Crippen LogP) is 0.751.